The third kappa shape index (κ3) is 5.14. The topological polar surface area (TPSA) is 219 Å². The molecule has 3 aromatic carbocycles. The maximum Gasteiger partial charge on any atom is 0.303 e. The monoisotopic (exact) mass is 696 g/mol. The number of phenolic OH excluding ortho intramolecular Hbond substituents is 3. The van der Waals surface area contributed by atoms with E-state index in [4.69, 9.17) is 9.47 Å². The van der Waals surface area contributed by atoms with Crippen LogP contribution in [-0.4, -0.2) is 73.0 Å². The summed E-state index contributed by atoms with van der Waals surface area (Å²) in [4.78, 5) is 92.6. The Bertz CT molecular complexity index is 2240. The van der Waals surface area contributed by atoms with Crippen LogP contribution in [0.1, 0.15) is 111 Å². The van der Waals surface area contributed by atoms with E-state index in [1.807, 2.05) is 0 Å². The van der Waals surface area contributed by atoms with E-state index in [9.17, 15) is 54.0 Å². The van der Waals surface area contributed by atoms with Crippen molar-refractivity contribution >= 4 is 40.9 Å². The number of ketones is 5. The van der Waals surface area contributed by atoms with Gasteiger partial charge < -0.3 is 29.9 Å². The number of ether oxygens (including phenoxy) is 2. The quantitative estimate of drug-likeness (QED) is 0.170. The Morgan fingerprint density at radius 3 is 1.80 bits per heavy atom. The van der Waals surface area contributed by atoms with Gasteiger partial charge in [-0.25, -0.2) is 0 Å². The van der Waals surface area contributed by atoms with E-state index < -0.39 is 111 Å². The number of hydrogen-bond donors (Lipinski definition) is 4. The number of rotatable bonds is 5. The molecule has 262 valence electrons. The molecule has 0 amide bonds. The highest BCUT2D eigenvalue weighted by atomic mass is 16.5. The van der Waals surface area contributed by atoms with Crippen molar-refractivity contribution in [2.75, 3.05) is 0 Å². The SMILES string of the molecule is CC(=O)O[C@@H](C)[C@@H]1C2=C(C(=O)C[C@]1(C)O)C(=O)c1c(ccc(-c3ccc4c(c3O)C(=O)c3c(O)cc(C)c([C@@H](C)OC(C)=O)c3C4=O)c1O)C2=O. The van der Waals surface area contributed by atoms with Gasteiger partial charge in [0.05, 0.1) is 33.8 Å². The summed E-state index contributed by atoms with van der Waals surface area (Å²) in [6, 6.07) is 6.04. The lowest BCUT2D eigenvalue weighted by Gasteiger charge is -2.42. The zero-order valence-electron chi connectivity index (χ0n) is 28.3. The van der Waals surface area contributed by atoms with Gasteiger partial charge in [0.25, 0.3) is 0 Å². The molecule has 3 aliphatic rings. The van der Waals surface area contributed by atoms with Gasteiger partial charge in [-0.15, -0.1) is 0 Å². The minimum absolute atomic E-state index is 0.193. The molecule has 0 aromatic heterocycles. The van der Waals surface area contributed by atoms with Crippen molar-refractivity contribution in [3.63, 3.8) is 0 Å². The largest absolute Gasteiger partial charge is 0.507 e. The highest BCUT2D eigenvalue weighted by molar-refractivity contribution is 6.38. The Kier molecular flexibility index (Phi) is 8.10. The molecule has 0 saturated heterocycles. The second-order valence-electron chi connectivity index (χ2n) is 13.3. The van der Waals surface area contributed by atoms with E-state index in [0.29, 0.717) is 5.56 Å². The molecule has 3 aliphatic carbocycles. The molecule has 0 radical (unpaired) electrons. The van der Waals surface area contributed by atoms with Gasteiger partial charge >= 0.3 is 11.9 Å². The summed E-state index contributed by atoms with van der Waals surface area (Å²) in [6.45, 7) is 8.08. The van der Waals surface area contributed by atoms with E-state index in [0.717, 1.165) is 6.92 Å². The second-order valence-corrected chi connectivity index (χ2v) is 13.3. The summed E-state index contributed by atoms with van der Waals surface area (Å²) in [5.74, 6) is -9.25. The predicted molar refractivity (Wildman–Crippen MR) is 176 cm³/mol. The summed E-state index contributed by atoms with van der Waals surface area (Å²) in [6.07, 6.45) is -2.69. The van der Waals surface area contributed by atoms with Gasteiger partial charge in [0.2, 0.25) is 11.6 Å². The fourth-order valence-corrected chi connectivity index (χ4v) is 7.81. The molecular weight excluding hydrogens is 664 g/mol. The van der Waals surface area contributed by atoms with Gasteiger partial charge in [0, 0.05) is 59.2 Å². The number of hydrogen-bond acceptors (Lipinski definition) is 13. The Morgan fingerprint density at radius 1 is 0.745 bits per heavy atom. The lowest BCUT2D eigenvalue weighted by Crippen LogP contribution is -2.52. The molecule has 6 rings (SSSR count). The number of carbonyl (C=O) groups is 7. The molecule has 0 bridgehead atoms. The molecule has 0 heterocycles. The van der Waals surface area contributed by atoms with Crippen molar-refractivity contribution in [3.05, 3.63) is 86.0 Å². The average molecular weight is 697 g/mol. The molecule has 0 saturated carbocycles. The van der Waals surface area contributed by atoms with Crippen molar-refractivity contribution in [1.82, 2.24) is 0 Å². The zero-order chi connectivity index (χ0) is 37.6. The third-order valence-electron chi connectivity index (χ3n) is 9.69. The number of carbonyl (C=O) groups excluding carboxylic acids is 7. The lowest BCUT2D eigenvalue weighted by molar-refractivity contribution is -0.153. The van der Waals surface area contributed by atoms with E-state index in [-0.39, 0.29) is 39.0 Å². The maximum absolute atomic E-state index is 14.0. The van der Waals surface area contributed by atoms with Gasteiger partial charge in [-0.3, -0.25) is 33.6 Å². The van der Waals surface area contributed by atoms with Crippen LogP contribution < -0.4 is 0 Å². The molecular formula is C38H32O13. The summed E-state index contributed by atoms with van der Waals surface area (Å²) in [5, 5.41) is 45.1. The van der Waals surface area contributed by atoms with Gasteiger partial charge in [-0.1, -0.05) is 0 Å². The van der Waals surface area contributed by atoms with Gasteiger partial charge in [0.15, 0.2) is 17.3 Å². The maximum atomic E-state index is 14.0. The number of aliphatic hydroxyl groups is 1. The Morgan fingerprint density at radius 2 is 1.25 bits per heavy atom. The molecule has 0 aliphatic heterocycles. The van der Waals surface area contributed by atoms with Crippen molar-refractivity contribution in [2.24, 2.45) is 5.92 Å². The van der Waals surface area contributed by atoms with Crippen molar-refractivity contribution < 1.29 is 63.5 Å². The number of phenols is 3. The highest BCUT2D eigenvalue weighted by Gasteiger charge is 2.53. The van der Waals surface area contributed by atoms with Crippen LogP contribution in [0.4, 0.5) is 0 Å². The number of benzene rings is 3. The minimum atomic E-state index is -1.87. The number of Topliss-reactive ketones (excluding diaryl/α,β-unsaturated/α-hetero) is 3. The van der Waals surface area contributed by atoms with Gasteiger partial charge in [0.1, 0.15) is 29.5 Å². The minimum Gasteiger partial charge on any atom is -0.507 e. The first kappa shape index (κ1) is 34.9. The number of aryl methyl sites for hydroxylation is 1. The first-order valence-electron chi connectivity index (χ1n) is 15.9. The van der Waals surface area contributed by atoms with E-state index in [1.54, 1.807) is 6.92 Å². The van der Waals surface area contributed by atoms with Crippen LogP contribution in [0.2, 0.25) is 0 Å². The number of allylic oxidation sites excluding steroid dienone is 1. The van der Waals surface area contributed by atoms with Crippen LogP contribution >= 0.6 is 0 Å². The smallest absolute Gasteiger partial charge is 0.303 e. The number of fused-ring (bicyclic) bond motifs is 3. The Labute approximate surface area is 290 Å². The van der Waals surface area contributed by atoms with Crippen LogP contribution in [0.25, 0.3) is 11.1 Å². The molecule has 0 spiro atoms. The third-order valence-corrected chi connectivity index (χ3v) is 9.69. The summed E-state index contributed by atoms with van der Waals surface area (Å²) in [7, 11) is 0. The summed E-state index contributed by atoms with van der Waals surface area (Å²) in [5.41, 5.74) is -4.97. The van der Waals surface area contributed by atoms with E-state index >= 15 is 0 Å². The summed E-state index contributed by atoms with van der Waals surface area (Å²) >= 11 is 0. The predicted octanol–water partition coefficient (Wildman–Crippen LogP) is 4.15. The molecule has 0 unspecified atom stereocenters. The van der Waals surface area contributed by atoms with Crippen LogP contribution in [0.15, 0.2) is 41.5 Å². The molecule has 3 aromatic rings. The fourth-order valence-electron chi connectivity index (χ4n) is 7.81. The highest BCUT2D eigenvalue weighted by Crippen LogP contribution is 2.50. The normalized spacial score (nSPS) is 20.6. The first-order valence-corrected chi connectivity index (χ1v) is 15.9. The molecule has 13 heteroatoms. The van der Waals surface area contributed by atoms with Crippen molar-refractivity contribution in [3.8, 4) is 28.4 Å². The van der Waals surface area contributed by atoms with Crippen LogP contribution in [-0.2, 0) is 23.9 Å². The van der Waals surface area contributed by atoms with Crippen LogP contribution in [0.3, 0.4) is 0 Å². The van der Waals surface area contributed by atoms with Crippen LogP contribution in [0, 0.1) is 12.8 Å². The standard InChI is InChI=1S/C38H32O13/c1-13-11-22(41)27-29(24(13)14(2)50-16(4)39)34(45)20-9-7-18(32(43)25(20)36(27)47)19-8-10-21-26(33(19)44)37(48)28-23(42)12-38(6,49)31(30(28)35(21)46)15(3)51-17(5)40/h7-11,14-15,31,41,43-44,49H,12H2,1-6H3/t14-,15+,31-,38+/m1/s1. The number of aromatic hydroxyl groups is 3. The molecule has 51 heavy (non-hydrogen) atoms. The Balaban J connectivity index is 1.49. The average Bonchev–Trinajstić information content (AvgIpc) is 3.00. The van der Waals surface area contributed by atoms with E-state index in [2.05, 4.69) is 0 Å². The molecule has 4 atom stereocenters. The van der Waals surface area contributed by atoms with E-state index in [1.165, 1.54) is 58.0 Å². The van der Waals surface area contributed by atoms with Crippen molar-refractivity contribution in [2.45, 2.75) is 65.8 Å². The first-order chi connectivity index (χ1) is 23.8. The summed E-state index contributed by atoms with van der Waals surface area (Å²) < 4.78 is 10.5. The second kappa shape index (κ2) is 11.8. The molecule has 13 nitrogen and oxygen atoms in total. The van der Waals surface area contributed by atoms with Crippen molar-refractivity contribution in [1.29, 1.82) is 0 Å². The number of esters is 2. The molecule has 0 fully saturated rings. The Hall–Kier alpha value is -5.95. The lowest BCUT2D eigenvalue weighted by atomic mass is 9.64. The van der Waals surface area contributed by atoms with Gasteiger partial charge in [-0.05, 0) is 63.6 Å². The molecule has 4 N–H and O–H groups in total. The zero-order valence-corrected chi connectivity index (χ0v) is 28.3. The van der Waals surface area contributed by atoms with Crippen LogP contribution in [0.5, 0.6) is 17.2 Å². The van der Waals surface area contributed by atoms with Gasteiger partial charge in [-0.2, -0.15) is 0 Å². The fraction of sp³-hybridized carbons (Fsp3) is 0.289.